The number of hydrogen-bond acceptors (Lipinski definition) is 5. The number of nitrogens with one attached hydrogen (secondary N) is 1. The Morgan fingerprint density at radius 3 is 2.31 bits per heavy atom. The first kappa shape index (κ1) is 25.1. The van der Waals surface area contributed by atoms with Crippen molar-refractivity contribution in [3.63, 3.8) is 0 Å². The maximum atomic E-state index is 12.9. The molecule has 7 heteroatoms. The molecule has 2 aromatic heterocycles. The number of aromatic nitrogens is 3. The maximum Gasteiger partial charge on any atom is 0.328 e. The van der Waals surface area contributed by atoms with Crippen molar-refractivity contribution in [2.24, 2.45) is 0 Å². The molecule has 1 unspecified atom stereocenters. The Hall–Kier alpha value is -4.00. The van der Waals surface area contributed by atoms with Crippen LogP contribution in [0.3, 0.4) is 0 Å². The van der Waals surface area contributed by atoms with Crippen LogP contribution in [0.2, 0.25) is 0 Å². The first-order chi connectivity index (χ1) is 17.4. The number of ether oxygens (including phenoxy) is 1. The van der Waals surface area contributed by atoms with Crippen molar-refractivity contribution in [1.82, 2.24) is 20.1 Å². The summed E-state index contributed by atoms with van der Waals surface area (Å²) in [5.74, 6) is -0.617. The first-order valence-corrected chi connectivity index (χ1v) is 12.3. The molecule has 0 radical (unpaired) electrons. The smallest absolute Gasteiger partial charge is 0.328 e. The second-order valence-electron chi connectivity index (χ2n) is 8.89. The Morgan fingerprint density at radius 2 is 1.64 bits per heavy atom. The lowest BCUT2D eigenvalue weighted by molar-refractivity contribution is -0.147. The lowest BCUT2D eigenvalue weighted by Gasteiger charge is -2.18. The molecule has 2 aromatic carbocycles. The predicted octanol–water partition coefficient (Wildman–Crippen LogP) is 4.57. The van der Waals surface area contributed by atoms with Crippen molar-refractivity contribution in [1.29, 1.82) is 0 Å². The molecule has 0 saturated carbocycles. The molecule has 7 nitrogen and oxygen atoms in total. The van der Waals surface area contributed by atoms with Crippen LogP contribution in [0.1, 0.15) is 41.4 Å². The van der Waals surface area contributed by atoms with Crippen LogP contribution in [0.25, 0.3) is 16.7 Å². The first-order valence-electron chi connectivity index (χ1n) is 12.3. The number of para-hydroxylation sites is 1. The Bertz CT molecular complexity index is 1360. The van der Waals surface area contributed by atoms with Gasteiger partial charge in [-0.1, -0.05) is 48.5 Å². The number of fused-ring (bicyclic) bond motifs is 1. The highest BCUT2D eigenvalue weighted by Crippen LogP contribution is 2.28. The van der Waals surface area contributed by atoms with Gasteiger partial charge in [0.2, 0.25) is 5.91 Å². The maximum absolute atomic E-state index is 12.9. The van der Waals surface area contributed by atoms with Gasteiger partial charge < -0.3 is 10.1 Å². The Kier molecular flexibility index (Phi) is 7.78. The number of benzene rings is 2. The second kappa shape index (κ2) is 11.2. The summed E-state index contributed by atoms with van der Waals surface area (Å²) in [5.41, 5.74) is 6.61. The predicted molar refractivity (Wildman–Crippen MR) is 140 cm³/mol. The number of rotatable bonds is 9. The Morgan fingerprint density at radius 1 is 0.972 bits per heavy atom. The van der Waals surface area contributed by atoms with Gasteiger partial charge in [-0.3, -0.25) is 4.79 Å². The van der Waals surface area contributed by atoms with E-state index in [9.17, 15) is 9.59 Å². The molecule has 0 aliphatic rings. The van der Waals surface area contributed by atoms with Crippen molar-refractivity contribution >= 4 is 22.9 Å². The van der Waals surface area contributed by atoms with Crippen LogP contribution >= 0.6 is 0 Å². The summed E-state index contributed by atoms with van der Waals surface area (Å²) >= 11 is 0. The Labute approximate surface area is 211 Å². The minimum Gasteiger partial charge on any atom is -0.464 e. The minimum absolute atomic E-state index is 0.195. The Balaban J connectivity index is 1.52. The molecule has 4 rings (SSSR count). The van der Waals surface area contributed by atoms with Gasteiger partial charge in [0.1, 0.15) is 6.04 Å². The number of hydrogen-bond donors (Lipinski definition) is 1. The fraction of sp³-hybridized carbons (Fsp3) is 0.310. The van der Waals surface area contributed by atoms with E-state index in [1.807, 2.05) is 79.2 Å². The normalized spacial score (nSPS) is 11.9. The van der Waals surface area contributed by atoms with E-state index < -0.39 is 12.0 Å². The third-order valence-electron chi connectivity index (χ3n) is 6.37. The fourth-order valence-electron chi connectivity index (χ4n) is 4.61. The average Bonchev–Trinajstić information content (AvgIpc) is 3.20. The van der Waals surface area contributed by atoms with Gasteiger partial charge in [0, 0.05) is 23.9 Å². The highest BCUT2D eigenvalue weighted by atomic mass is 16.5. The molecule has 1 amide bonds. The van der Waals surface area contributed by atoms with Crippen LogP contribution in [-0.4, -0.2) is 39.3 Å². The largest absolute Gasteiger partial charge is 0.464 e. The summed E-state index contributed by atoms with van der Waals surface area (Å²) in [7, 11) is 0. The molecule has 0 fully saturated rings. The summed E-state index contributed by atoms with van der Waals surface area (Å²) in [6, 6.07) is 18.8. The molecule has 1 atom stereocenters. The third kappa shape index (κ3) is 5.46. The van der Waals surface area contributed by atoms with Crippen LogP contribution in [0.4, 0.5) is 0 Å². The van der Waals surface area contributed by atoms with Crippen LogP contribution < -0.4 is 5.32 Å². The molecule has 0 bridgehead atoms. The summed E-state index contributed by atoms with van der Waals surface area (Å²) in [6.45, 7) is 8.03. The van der Waals surface area contributed by atoms with Crippen molar-refractivity contribution in [3.8, 4) is 5.69 Å². The molecular weight excluding hydrogens is 452 g/mol. The van der Waals surface area contributed by atoms with Crippen molar-refractivity contribution in [2.45, 2.75) is 53.0 Å². The quantitative estimate of drug-likeness (QED) is 0.352. The van der Waals surface area contributed by atoms with Crippen LogP contribution in [0.15, 0.2) is 60.7 Å². The van der Waals surface area contributed by atoms with Gasteiger partial charge in [-0.05, 0) is 62.9 Å². The zero-order chi connectivity index (χ0) is 25.7. The van der Waals surface area contributed by atoms with Crippen LogP contribution in [0, 0.1) is 20.8 Å². The molecule has 1 N–H and O–H groups in total. The van der Waals surface area contributed by atoms with Gasteiger partial charge >= 0.3 is 5.97 Å². The van der Waals surface area contributed by atoms with E-state index in [0.717, 1.165) is 44.8 Å². The zero-order valence-corrected chi connectivity index (χ0v) is 21.2. The standard InChI is InChI=1S/C29H32N4O3/c1-5-36-29(35)25(18-22-12-8-6-9-13-22)31-26(34)17-16-24-19(2)27-21(4)32-33(28(27)30-20(24)3)23-14-10-7-11-15-23/h6-15,25H,5,16-18H2,1-4H3,(H,31,34). The fourth-order valence-corrected chi connectivity index (χ4v) is 4.61. The molecule has 0 aliphatic heterocycles. The lowest BCUT2D eigenvalue weighted by Crippen LogP contribution is -2.43. The van der Waals surface area contributed by atoms with E-state index in [2.05, 4.69) is 12.2 Å². The van der Waals surface area contributed by atoms with E-state index in [-0.39, 0.29) is 18.9 Å². The number of esters is 1. The molecule has 36 heavy (non-hydrogen) atoms. The van der Waals surface area contributed by atoms with Gasteiger partial charge in [-0.2, -0.15) is 5.10 Å². The summed E-state index contributed by atoms with van der Waals surface area (Å²) in [5, 5.41) is 8.63. The van der Waals surface area contributed by atoms with Gasteiger partial charge in [-0.25, -0.2) is 14.5 Å². The number of carbonyl (C=O) groups excluding carboxylic acids is 2. The van der Waals surface area contributed by atoms with Crippen molar-refractivity contribution in [2.75, 3.05) is 6.61 Å². The molecule has 4 aromatic rings. The molecule has 0 saturated heterocycles. The monoisotopic (exact) mass is 484 g/mol. The molecular formula is C29H32N4O3. The number of aryl methyl sites for hydroxylation is 3. The highest BCUT2D eigenvalue weighted by molar-refractivity contribution is 5.86. The van der Waals surface area contributed by atoms with E-state index in [1.165, 1.54) is 0 Å². The summed E-state index contributed by atoms with van der Waals surface area (Å²) in [6.07, 6.45) is 1.14. The second-order valence-corrected chi connectivity index (χ2v) is 8.89. The number of amides is 1. The molecule has 0 spiro atoms. The third-order valence-corrected chi connectivity index (χ3v) is 6.37. The van der Waals surface area contributed by atoms with Crippen LogP contribution in [0.5, 0.6) is 0 Å². The number of pyridine rings is 1. The SMILES string of the molecule is CCOC(=O)C(Cc1ccccc1)NC(=O)CCc1c(C)nc2c(c(C)nn2-c2ccccc2)c1C. The lowest BCUT2D eigenvalue weighted by atomic mass is 9.99. The topological polar surface area (TPSA) is 86.1 Å². The van der Waals surface area contributed by atoms with Crippen molar-refractivity contribution in [3.05, 3.63) is 88.7 Å². The molecule has 2 heterocycles. The van der Waals surface area contributed by atoms with Crippen LogP contribution in [-0.2, 0) is 27.2 Å². The van der Waals surface area contributed by atoms with Gasteiger partial charge in [0.05, 0.1) is 18.0 Å². The molecule has 186 valence electrons. The van der Waals surface area contributed by atoms with E-state index in [0.29, 0.717) is 12.8 Å². The molecule has 0 aliphatic carbocycles. The van der Waals surface area contributed by atoms with Gasteiger partial charge in [0.15, 0.2) is 5.65 Å². The van der Waals surface area contributed by atoms with Crippen molar-refractivity contribution < 1.29 is 14.3 Å². The van der Waals surface area contributed by atoms with E-state index in [4.69, 9.17) is 14.8 Å². The van der Waals surface area contributed by atoms with E-state index >= 15 is 0 Å². The van der Waals surface area contributed by atoms with Gasteiger partial charge in [-0.15, -0.1) is 0 Å². The highest BCUT2D eigenvalue weighted by Gasteiger charge is 2.23. The summed E-state index contributed by atoms with van der Waals surface area (Å²) in [4.78, 5) is 30.3. The minimum atomic E-state index is -0.728. The summed E-state index contributed by atoms with van der Waals surface area (Å²) < 4.78 is 7.08. The average molecular weight is 485 g/mol. The zero-order valence-electron chi connectivity index (χ0n) is 21.2. The number of carbonyl (C=O) groups is 2. The number of nitrogens with zero attached hydrogens (tertiary/aromatic N) is 3. The van der Waals surface area contributed by atoms with Gasteiger partial charge in [0.25, 0.3) is 0 Å². The van der Waals surface area contributed by atoms with E-state index in [1.54, 1.807) is 6.92 Å².